The second kappa shape index (κ2) is 7.25. The molecule has 1 aromatic rings. The van der Waals surface area contributed by atoms with E-state index in [-0.39, 0.29) is 23.4 Å². The van der Waals surface area contributed by atoms with Crippen molar-refractivity contribution in [2.45, 2.75) is 53.1 Å². The van der Waals surface area contributed by atoms with Crippen LogP contribution in [0.25, 0.3) is 0 Å². The molecule has 0 aromatic carbocycles. The summed E-state index contributed by atoms with van der Waals surface area (Å²) in [6.45, 7) is 9.09. The highest BCUT2D eigenvalue weighted by Crippen LogP contribution is 2.35. The van der Waals surface area contributed by atoms with Gasteiger partial charge in [-0.15, -0.1) is 4.98 Å². The van der Waals surface area contributed by atoms with Crippen LogP contribution in [0, 0.1) is 17.8 Å². The van der Waals surface area contributed by atoms with Crippen LogP contribution in [0.2, 0.25) is 5.28 Å². The second-order valence-electron chi connectivity index (χ2n) is 6.09. The Balaban J connectivity index is 2.14. The molecule has 1 fully saturated rings. The quantitative estimate of drug-likeness (QED) is 0.828. The zero-order valence-electron chi connectivity index (χ0n) is 13.2. The molecule has 0 bridgehead atoms. The molecule has 6 heteroatoms. The zero-order valence-corrected chi connectivity index (χ0v) is 13.9. The van der Waals surface area contributed by atoms with Gasteiger partial charge >= 0.3 is 12.0 Å². The van der Waals surface area contributed by atoms with Gasteiger partial charge in [0.15, 0.2) is 0 Å². The third kappa shape index (κ3) is 4.43. The molecule has 1 saturated carbocycles. The predicted molar refractivity (Wildman–Crippen MR) is 81.8 cm³/mol. The van der Waals surface area contributed by atoms with Crippen molar-refractivity contribution in [2.75, 3.05) is 6.61 Å². The van der Waals surface area contributed by atoms with E-state index in [1.54, 1.807) is 0 Å². The summed E-state index contributed by atoms with van der Waals surface area (Å²) in [5.41, 5.74) is 0. The highest BCUT2D eigenvalue weighted by atomic mass is 35.5. The molecule has 1 aliphatic rings. The molecule has 118 valence electrons. The first-order valence-electron chi connectivity index (χ1n) is 7.70. The number of hydrogen-bond donors (Lipinski definition) is 0. The summed E-state index contributed by atoms with van der Waals surface area (Å²) in [4.78, 5) is 12.2. The van der Waals surface area contributed by atoms with Gasteiger partial charge in [-0.05, 0) is 49.1 Å². The van der Waals surface area contributed by atoms with Crippen molar-refractivity contribution in [2.24, 2.45) is 17.8 Å². The Hall–Kier alpha value is -1.10. The van der Waals surface area contributed by atoms with Gasteiger partial charge in [0.1, 0.15) is 6.10 Å². The van der Waals surface area contributed by atoms with Crippen LogP contribution in [0.1, 0.15) is 47.0 Å². The van der Waals surface area contributed by atoms with Gasteiger partial charge in [0.25, 0.3) is 0 Å². The summed E-state index contributed by atoms with van der Waals surface area (Å²) >= 11 is 5.91. The average Bonchev–Trinajstić information content (AvgIpc) is 2.38. The molecule has 1 heterocycles. The van der Waals surface area contributed by atoms with Crippen molar-refractivity contribution >= 4 is 11.6 Å². The molecule has 1 aromatic heterocycles. The van der Waals surface area contributed by atoms with E-state index < -0.39 is 0 Å². The Kier molecular flexibility index (Phi) is 5.62. The van der Waals surface area contributed by atoms with E-state index in [2.05, 4.69) is 35.7 Å². The molecule has 0 saturated heterocycles. The Morgan fingerprint density at radius 1 is 1.19 bits per heavy atom. The Morgan fingerprint density at radius 3 is 2.57 bits per heavy atom. The number of hydrogen-bond acceptors (Lipinski definition) is 5. The molecule has 3 atom stereocenters. The van der Waals surface area contributed by atoms with Crippen LogP contribution in [0.5, 0.6) is 12.0 Å². The van der Waals surface area contributed by atoms with Crippen molar-refractivity contribution in [3.63, 3.8) is 0 Å². The highest BCUT2D eigenvalue weighted by molar-refractivity contribution is 6.28. The summed E-state index contributed by atoms with van der Waals surface area (Å²) < 4.78 is 11.3. The van der Waals surface area contributed by atoms with Crippen molar-refractivity contribution < 1.29 is 9.47 Å². The number of ether oxygens (including phenoxy) is 2. The minimum atomic E-state index is 0.105. The lowest BCUT2D eigenvalue weighted by Gasteiger charge is -2.36. The first-order valence-corrected chi connectivity index (χ1v) is 8.08. The Morgan fingerprint density at radius 2 is 1.90 bits per heavy atom. The Bertz CT molecular complexity index is 470. The first-order chi connectivity index (χ1) is 9.99. The smallest absolute Gasteiger partial charge is 0.324 e. The maximum Gasteiger partial charge on any atom is 0.324 e. The lowest BCUT2D eigenvalue weighted by molar-refractivity contribution is 0.0381. The number of rotatable bonds is 5. The summed E-state index contributed by atoms with van der Waals surface area (Å²) in [5.74, 6) is 1.76. The standard InChI is InChI=1S/C15H24ClN3O2/c1-5-20-14-17-13(16)18-15(19-14)21-12-8-10(4)6-7-11(12)9(2)3/h9-12H,5-8H2,1-4H3. The van der Waals surface area contributed by atoms with Gasteiger partial charge in [-0.3, -0.25) is 0 Å². The minimum Gasteiger partial charge on any atom is -0.464 e. The van der Waals surface area contributed by atoms with Gasteiger partial charge in [-0.2, -0.15) is 9.97 Å². The molecule has 0 spiro atoms. The molecule has 0 amide bonds. The monoisotopic (exact) mass is 313 g/mol. The van der Waals surface area contributed by atoms with Gasteiger partial charge in [-0.25, -0.2) is 0 Å². The Labute approximate surface area is 131 Å². The van der Waals surface area contributed by atoms with E-state index >= 15 is 0 Å². The number of halogens is 1. The van der Waals surface area contributed by atoms with Gasteiger partial charge in [-0.1, -0.05) is 27.2 Å². The lowest BCUT2D eigenvalue weighted by Crippen LogP contribution is -2.36. The SMILES string of the molecule is CCOc1nc(Cl)nc(OC2CC(C)CCC2C(C)C)n1. The number of nitrogens with zero attached hydrogens (tertiary/aromatic N) is 3. The summed E-state index contributed by atoms with van der Waals surface area (Å²) in [6.07, 6.45) is 3.59. The van der Waals surface area contributed by atoms with Crippen LogP contribution >= 0.6 is 11.6 Å². The van der Waals surface area contributed by atoms with E-state index in [1.165, 1.54) is 12.8 Å². The second-order valence-corrected chi connectivity index (χ2v) is 6.42. The fraction of sp³-hybridized carbons (Fsp3) is 0.800. The molecule has 0 radical (unpaired) electrons. The molecule has 2 rings (SSSR count). The van der Waals surface area contributed by atoms with Crippen LogP contribution < -0.4 is 9.47 Å². The first kappa shape index (κ1) is 16.3. The third-order valence-corrected chi connectivity index (χ3v) is 4.23. The fourth-order valence-electron chi connectivity index (χ4n) is 2.95. The largest absolute Gasteiger partial charge is 0.464 e. The highest BCUT2D eigenvalue weighted by Gasteiger charge is 2.33. The van der Waals surface area contributed by atoms with Crippen molar-refractivity contribution in [3.05, 3.63) is 5.28 Å². The van der Waals surface area contributed by atoms with Crippen LogP contribution in [0.3, 0.4) is 0 Å². The summed E-state index contributed by atoms with van der Waals surface area (Å²) in [6, 6.07) is 0.487. The number of aromatic nitrogens is 3. The van der Waals surface area contributed by atoms with E-state index in [4.69, 9.17) is 21.1 Å². The molecule has 0 N–H and O–H groups in total. The molecule has 1 aliphatic carbocycles. The maximum absolute atomic E-state index is 6.04. The van der Waals surface area contributed by atoms with E-state index in [1.807, 2.05) is 6.92 Å². The average molecular weight is 314 g/mol. The molecule has 21 heavy (non-hydrogen) atoms. The third-order valence-electron chi connectivity index (χ3n) is 4.06. The van der Waals surface area contributed by atoms with Gasteiger partial charge in [0.2, 0.25) is 5.28 Å². The van der Waals surface area contributed by atoms with E-state index in [0.717, 1.165) is 6.42 Å². The summed E-state index contributed by atoms with van der Waals surface area (Å²) in [5, 5.41) is 0.105. The fourth-order valence-corrected chi connectivity index (χ4v) is 3.09. The van der Waals surface area contributed by atoms with Crippen LogP contribution in [0.4, 0.5) is 0 Å². The van der Waals surface area contributed by atoms with Crippen molar-refractivity contribution in [1.82, 2.24) is 15.0 Å². The van der Waals surface area contributed by atoms with Crippen LogP contribution in [-0.2, 0) is 0 Å². The molecule has 0 aliphatic heterocycles. The molecular formula is C15H24ClN3O2. The van der Waals surface area contributed by atoms with Crippen molar-refractivity contribution in [3.8, 4) is 12.0 Å². The topological polar surface area (TPSA) is 57.1 Å². The van der Waals surface area contributed by atoms with E-state index in [0.29, 0.717) is 24.4 Å². The van der Waals surface area contributed by atoms with E-state index in [9.17, 15) is 0 Å². The minimum absolute atomic E-state index is 0.105. The maximum atomic E-state index is 6.04. The van der Waals surface area contributed by atoms with Gasteiger partial charge < -0.3 is 9.47 Å². The molecule has 5 nitrogen and oxygen atoms in total. The normalized spacial score (nSPS) is 25.9. The lowest BCUT2D eigenvalue weighted by atomic mass is 9.75. The predicted octanol–water partition coefficient (Wildman–Crippen LogP) is 3.76. The van der Waals surface area contributed by atoms with Gasteiger partial charge in [0.05, 0.1) is 6.61 Å². The van der Waals surface area contributed by atoms with Crippen LogP contribution in [-0.4, -0.2) is 27.7 Å². The summed E-state index contributed by atoms with van der Waals surface area (Å²) in [7, 11) is 0. The van der Waals surface area contributed by atoms with Crippen LogP contribution in [0.15, 0.2) is 0 Å². The molecule has 3 unspecified atom stereocenters. The van der Waals surface area contributed by atoms with Crippen molar-refractivity contribution in [1.29, 1.82) is 0 Å². The molecular weight excluding hydrogens is 290 g/mol. The van der Waals surface area contributed by atoms with Gasteiger partial charge in [0, 0.05) is 0 Å². The zero-order chi connectivity index (χ0) is 15.4.